The van der Waals surface area contributed by atoms with E-state index < -0.39 is 18.1 Å². The molecule has 0 spiro atoms. The number of nitrogens with one attached hydrogen (secondary N) is 2. The van der Waals surface area contributed by atoms with Crippen molar-refractivity contribution in [1.82, 2.24) is 15.5 Å². The first-order valence-corrected chi connectivity index (χ1v) is 13.2. The van der Waals surface area contributed by atoms with Crippen LogP contribution in [0.2, 0.25) is 0 Å². The van der Waals surface area contributed by atoms with Gasteiger partial charge >= 0.3 is 0 Å². The van der Waals surface area contributed by atoms with Gasteiger partial charge in [0.25, 0.3) is 0 Å². The number of carbonyl (C=O) groups excluding carboxylic acids is 2. The fourth-order valence-corrected chi connectivity index (χ4v) is 4.64. The van der Waals surface area contributed by atoms with E-state index in [-0.39, 0.29) is 11.8 Å². The monoisotopic (exact) mass is 494 g/mol. The number of rotatable bonds is 14. The Hall–Kier alpha value is -2.90. The Morgan fingerprint density at radius 1 is 1.11 bits per heavy atom. The van der Waals surface area contributed by atoms with Crippen molar-refractivity contribution in [3.8, 4) is 0 Å². The number of aliphatic hydroxyl groups is 1. The molecule has 1 fully saturated rings. The summed E-state index contributed by atoms with van der Waals surface area (Å²) in [6, 6.07) is 17.6. The topological polar surface area (TPSA) is 84.9 Å². The second-order valence-electron chi connectivity index (χ2n) is 9.94. The van der Waals surface area contributed by atoms with Crippen LogP contribution in [0.5, 0.6) is 0 Å². The molecule has 7 heteroatoms. The molecule has 7 nitrogen and oxygen atoms in total. The molecule has 0 aliphatic carbocycles. The zero-order chi connectivity index (χ0) is 25.9. The molecule has 1 heterocycles. The Bertz CT molecular complexity index is 966. The summed E-state index contributed by atoms with van der Waals surface area (Å²) in [7, 11) is 4.01. The van der Waals surface area contributed by atoms with Crippen molar-refractivity contribution in [3.05, 3.63) is 65.7 Å². The molecular formula is C29H42N4O3. The first-order valence-electron chi connectivity index (χ1n) is 13.2. The summed E-state index contributed by atoms with van der Waals surface area (Å²) in [5.74, 6) is -1.04. The lowest BCUT2D eigenvalue weighted by molar-refractivity contribution is -0.138. The molecule has 2 amide bonds. The molecule has 36 heavy (non-hydrogen) atoms. The molecule has 2 aromatic rings. The largest absolute Gasteiger partial charge is 0.390 e. The van der Waals surface area contributed by atoms with Gasteiger partial charge in [0, 0.05) is 46.0 Å². The predicted octanol–water partition coefficient (Wildman–Crippen LogP) is 2.97. The number of amides is 2. The predicted molar refractivity (Wildman–Crippen MR) is 145 cm³/mol. The number of hydrogen-bond donors (Lipinski definition) is 3. The highest BCUT2D eigenvalue weighted by atomic mass is 16.3. The van der Waals surface area contributed by atoms with Crippen molar-refractivity contribution >= 4 is 17.5 Å². The second-order valence-corrected chi connectivity index (χ2v) is 9.94. The number of hydrogen-bond acceptors (Lipinski definition) is 5. The van der Waals surface area contributed by atoms with E-state index in [4.69, 9.17) is 0 Å². The van der Waals surface area contributed by atoms with Crippen molar-refractivity contribution in [2.45, 2.75) is 57.7 Å². The van der Waals surface area contributed by atoms with Crippen molar-refractivity contribution < 1.29 is 14.7 Å². The van der Waals surface area contributed by atoms with Gasteiger partial charge in [-0.25, -0.2) is 0 Å². The van der Waals surface area contributed by atoms with Gasteiger partial charge in [-0.15, -0.1) is 0 Å². The third-order valence-electron chi connectivity index (χ3n) is 6.85. The zero-order valence-corrected chi connectivity index (χ0v) is 22.0. The number of nitrogens with zero attached hydrogens (tertiary/aromatic N) is 2. The van der Waals surface area contributed by atoms with E-state index in [2.05, 4.69) is 34.6 Å². The van der Waals surface area contributed by atoms with Gasteiger partial charge in [-0.2, -0.15) is 0 Å². The maximum atomic E-state index is 13.1. The normalized spacial score (nSPS) is 17.2. The van der Waals surface area contributed by atoms with Crippen molar-refractivity contribution in [1.29, 1.82) is 0 Å². The highest BCUT2D eigenvalue weighted by molar-refractivity contribution is 6.01. The number of benzene rings is 2. The van der Waals surface area contributed by atoms with Gasteiger partial charge in [0.05, 0.1) is 12.1 Å². The standard InChI is InChI=1S/C29H42N4O3/c1-4-5-9-16-33-17-15-25(29(33)36)28(35)31-26(19-22-11-7-6-8-12-22)27(34)21-30-20-23-13-10-14-24(18-23)32(2)3/h6-8,10-14,18,25-27,30,34H,4-5,9,15-17,19-21H2,1-3H3,(H,31,35)/t25-,26+,27-/m1/s1. The van der Waals surface area contributed by atoms with E-state index in [0.29, 0.717) is 39.0 Å². The van der Waals surface area contributed by atoms with Crippen molar-refractivity contribution in [2.24, 2.45) is 5.92 Å². The highest BCUT2D eigenvalue weighted by Gasteiger charge is 2.37. The Morgan fingerprint density at radius 2 is 1.86 bits per heavy atom. The summed E-state index contributed by atoms with van der Waals surface area (Å²) in [4.78, 5) is 29.8. The number of carbonyl (C=O) groups is 2. The van der Waals surface area contributed by atoms with Crippen LogP contribution in [-0.2, 0) is 22.6 Å². The molecule has 1 aliphatic rings. The van der Waals surface area contributed by atoms with Crippen LogP contribution in [0, 0.1) is 5.92 Å². The number of anilines is 1. The van der Waals surface area contributed by atoms with Crippen LogP contribution < -0.4 is 15.5 Å². The van der Waals surface area contributed by atoms with Crippen LogP contribution in [-0.4, -0.2) is 67.7 Å². The first kappa shape index (κ1) is 27.7. The molecule has 3 atom stereocenters. The summed E-state index contributed by atoms with van der Waals surface area (Å²) in [6.07, 6.45) is 3.37. The van der Waals surface area contributed by atoms with Gasteiger partial charge in [-0.1, -0.05) is 62.2 Å². The molecule has 3 N–H and O–H groups in total. The Morgan fingerprint density at radius 3 is 2.58 bits per heavy atom. The average molecular weight is 495 g/mol. The SMILES string of the molecule is CCCCCN1CC[C@H](C(=O)N[C@@H](Cc2ccccc2)[C@H](O)CNCc2cccc(N(C)C)c2)C1=O. The smallest absolute Gasteiger partial charge is 0.235 e. The van der Waals surface area contributed by atoms with Gasteiger partial charge in [0.2, 0.25) is 11.8 Å². The van der Waals surface area contributed by atoms with Crippen molar-refractivity contribution in [3.63, 3.8) is 0 Å². The molecule has 0 bridgehead atoms. The molecule has 2 aromatic carbocycles. The molecule has 0 aromatic heterocycles. The van der Waals surface area contributed by atoms with Crippen LogP contribution in [0.3, 0.4) is 0 Å². The molecular weight excluding hydrogens is 452 g/mol. The van der Waals surface area contributed by atoms with E-state index in [1.165, 1.54) is 0 Å². The third-order valence-corrected chi connectivity index (χ3v) is 6.85. The lowest BCUT2D eigenvalue weighted by atomic mass is 9.99. The van der Waals surface area contributed by atoms with Crippen LogP contribution in [0.4, 0.5) is 5.69 Å². The van der Waals surface area contributed by atoms with E-state index in [1.807, 2.05) is 61.5 Å². The van der Waals surface area contributed by atoms with Gasteiger partial charge < -0.3 is 25.5 Å². The summed E-state index contributed by atoms with van der Waals surface area (Å²) < 4.78 is 0. The van der Waals surface area contributed by atoms with E-state index in [9.17, 15) is 14.7 Å². The van der Waals surface area contributed by atoms with Gasteiger partial charge in [-0.3, -0.25) is 9.59 Å². The fourth-order valence-electron chi connectivity index (χ4n) is 4.64. The second kappa shape index (κ2) is 14.0. The molecule has 3 rings (SSSR count). The van der Waals surface area contributed by atoms with Crippen LogP contribution in [0.25, 0.3) is 0 Å². The Labute approximate surface area is 215 Å². The molecule has 0 saturated carbocycles. The molecule has 196 valence electrons. The quantitative estimate of drug-likeness (QED) is 0.278. The lowest BCUT2D eigenvalue weighted by Gasteiger charge is -2.26. The van der Waals surface area contributed by atoms with E-state index >= 15 is 0 Å². The molecule has 0 unspecified atom stereocenters. The minimum Gasteiger partial charge on any atom is -0.390 e. The Balaban J connectivity index is 1.60. The first-order chi connectivity index (χ1) is 17.4. The van der Waals surface area contributed by atoms with E-state index in [1.54, 1.807) is 0 Å². The van der Waals surface area contributed by atoms with Gasteiger partial charge in [-0.05, 0) is 42.5 Å². The van der Waals surface area contributed by atoms with E-state index in [0.717, 1.165) is 36.1 Å². The zero-order valence-electron chi connectivity index (χ0n) is 22.0. The maximum Gasteiger partial charge on any atom is 0.235 e. The summed E-state index contributed by atoms with van der Waals surface area (Å²) >= 11 is 0. The summed E-state index contributed by atoms with van der Waals surface area (Å²) in [6.45, 7) is 4.41. The Kier molecular flexibility index (Phi) is 10.8. The highest BCUT2D eigenvalue weighted by Crippen LogP contribution is 2.20. The summed E-state index contributed by atoms with van der Waals surface area (Å²) in [5.41, 5.74) is 3.27. The van der Waals surface area contributed by atoms with Gasteiger partial charge in [0.15, 0.2) is 0 Å². The van der Waals surface area contributed by atoms with Crippen LogP contribution in [0.1, 0.15) is 43.7 Å². The fraction of sp³-hybridized carbons (Fsp3) is 0.517. The lowest BCUT2D eigenvalue weighted by Crippen LogP contribution is -2.51. The van der Waals surface area contributed by atoms with Gasteiger partial charge in [0.1, 0.15) is 5.92 Å². The number of likely N-dealkylation sites (tertiary alicyclic amines) is 1. The van der Waals surface area contributed by atoms with Crippen LogP contribution in [0.15, 0.2) is 54.6 Å². The summed E-state index contributed by atoms with van der Waals surface area (Å²) in [5, 5.41) is 17.4. The van der Waals surface area contributed by atoms with Crippen molar-refractivity contribution in [2.75, 3.05) is 38.6 Å². The minimum absolute atomic E-state index is 0.0875. The number of aliphatic hydroxyl groups excluding tert-OH is 1. The maximum absolute atomic E-state index is 13.1. The molecule has 1 aliphatic heterocycles. The average Bonchev–Trinajstić information content (AvgIpc) is 3.24. The minimum atomic E-state index is -0.802. The number of unbranched alkanes of at least 4 members (excludes halogenated alkanes) is 2. The molecule has 1 saturated heterocycles. The third kappa shape index (κ3) is 8.07. The van der Waals surface area contributed by atoms with Crippen LogP contribution >= 0.6 is 0 Å². The molecule has 0 radical (unpaired) electrons.